The van der Waals surface area contributed by atoms with Gasteiger partial charge in [0.25, 0.3) is 0 Å². The number of likely N-dealkylation sites (tertiary alicyclic amines) is 1. The van der Waals surface area contributed by atoms with Crippen LogP contribution in [0.3, 0.4) is 0 Å². The molecule has 1 saturated heterocycles. The number of ether oxygens (including phenoxy) is 1. The van der Waals surface area contributed by atoms with E-state index in [0.717, 1.165) is 17.7 Å². The lowest BCUT2D eigenvalue weighted by Gasteiger charge is -2.32. The zero-order valence-electron chi connectivity index (χ0n) is 20.4. The van der Waals surface area contributed by atoms with Crippen molar-refractivity contribution < 1.29 is 23.9 Å². The number of aryl methyl sites for hydroxylation is 1. The quantitative estimate of drug-likeness (QED) is 0.456. The van der Waals surface area contributed by atoms with Crippen LogP contribution in [-0.4, -0.2) is 72.0 Å². The van der Waals surface area contributed by atoms with Crippen LogP contribution in [0.1, 0.15) is 39.2 Å². The third-order valence-electron chi connectivity index (χ3n) is 5.00. The molecular formula is C24H36N4O5S. The summed E-state index contributed by atoms with van der Waals surface area (Å²) in [5.74, 6) is -0.267. The van der Waals surface area contributed by atoms with Crippen molar-refractivity contribution in [2.45, 2.75) is 46.1 Å². The minimum atomic E-state index is -0.575. The zero-order valence-corrected chi connectivity index (χ0v) is 21.3. The number of benzene rings is 1. The Balaban J connectivity index is 1.66. The first-order chi connectivity index (χ1) is 16.0. The number of hydrogen-bond donors (Lipinski definition) is 3. The lowest BCUT2D eigenvalue weighted by Crippen LogP contribution is -2.47. The first-order valence-electron chi connectivity index (χ1n) is 11.5. The van der Waals surface area contributed by atoms with Crippen LogP contribution in [0.15, 0.2) is 24.3 Å². The Labute approximate surface area is 205 Å². The summed E-state index contributed by atoms with van der Waals surface area (Å²) in [5.41, 5.74) is 1.22. The lowest BCUT2D eigenvalue weighted by atomic mass is 9.97. The van der Waals surface area contributed by atoms with Gasteiger partial charge in [-0.3, -0.25) is 14.4 Å². The lowest BCUT2D eigenvalue weighted by molar-refractivity contribution is -0.133. The molecule has 3 N–H and O–H groups in total. The molecule has 4 amide bonds. The molecule has 2 rings (SSSR count). The minimum Gasteiger partial charge on any atom is -0.444 e. The topological polar surface area (TPSA) is 117 Å². The van der Waals surface area contributed by atoms with E-state index in [1.165, 1.54) is 11.8 Å². The molecule has 0 aliphatic carbocycles. The van der Waals surface area contributed by atoms with E-state index in [1.807, 2.05) is 31.2 Å². The van der Waals surface area contributed by atoms with Crippen LogP contribution >= 0.6 is 11.8 Å². The molecule has 1 fully saturated rings. The Morgan fingerprint density at radius 1 is 1.12 bits per heavy atom. The third kappa shape index (κ3) is 10.5. The molecule has 1 aliphatic rings. The second-order valence-corrected chi connectivity index (χ2v) is 10.3. The summed E-state index contributed by atoms with van der Waals surface area (Å²) < 4.78 is 5.15. The maximum atomic E-state index is 12.6. The summed E-state index contributed by atoms with van der Waals surface area (Å²) in [6.45, 7) is 8.82. The number of nitrogens with zero attached hydrogens (tertiary/aromatic N) is 1. The summed E-state index contributed by atoms with van der Waals surface area (Å²) in [7, 11) is 0. The van der Waals surface area contributed by atoms with E-state index >= 15 is 0 Å². The third-order valence-corrected chi connectivity index (χ3v) is 5.92. The van der Waals surface area contributed by atoms with Crippen LogP contribution in [0.2, 0.25) is 0 Å². The van der Waals surface area contributed by atoms with Gasteiger partial charge in [0.1, 0.15) is 5.60 Å². The van der Waals surface area contributed by atoms with E-state index in [0.29, 0.717) is 19.5 Å². The molecule has 10 heteroatoms. The van der Waals surface area contributed by atoms with Crippen molar-refractivity contribution in [2.75, 3.05) is 43.0 Å². The van der Waals surface area contributed by atoms with Gasteiger partial charge in [0.15, 0.2) is 0 Å². The fourth-order valence-corrected chi connectivity index (χ4v) is 4.19. The first kappa shape index (κ1) is 27.5. The normalized spacial score (nSPS) is 15.9. The molecule has 1 atom stereocenters. The molecular weight excluding hydrogens is 456 g/mol. The van der Waals surface area contributed by atoms with E-state index in [2.05, 4.69) is 16.0 Å². The van der Waals surface area contributed by atoms with E-state index in [1.54, 1.807) is 25.7 Å². The maximum absolute atomic E-state index is 12.6. The van der Waals surface area contributed by atoms with Crippen LogP contribution in [0, 0.1) is 12.8 Å². The smallest absolute Gasteiger partial charge is 0.407 e. The Morgan fingerprint density at radius 3 is 2.56 bits per heavy atom. The fraction of sp³-hybridized carbons (Fsp3) is 0.583. The number of thioether (sulfide) groups is 1. The number of carbonyl (C=O) groups excluding carboxylic acids is 4. The summed E-state index contributed by atoms with van der Waals surface area (Å²) in [6.07, 6.45) is 0.931. The molecule has 1 aromatic rings. The van der Waals surface area contributed by atoms with Gasteiger partial charge >= 0.3 is 6.09 Å². The van der Waals surface area contributed by atoms with Crippen molar-refractivity contribution in [3.05, 3.63) is 29.8 Å². The fourth-order valence-electron chi connectivity index (χ4n) is 3.47. The molecule has 0 bridgehead atoms. The molecule has 1 aromatic carbocycles. The Hall–Kier alpha value is -2.75. The first-order valence-corrected chi connectivity index (χ1v) is 12.7. The number of piperidine rings is 1. The van der Waals surface area contributed by atoms with Crippen LogP contribution in [0.5, 0.6) is 0 Å². The minimum absolute atomic E-state index is 0.0718. The molecule has 0 spiro atoms. The molecule has 34 heavy (non-hydrogen) atoms. The largest absolute Gasteiger partial charge is 0.444 e. The van der Waals surface area contributed by atoms with E-state index in [-0.39, 0.29) is 48.2 Å². The summed E-state index contributed by atoms with van der Waals surface area (Å²) in [4.78, 5) is 50.5. The van der Waals surface area contributed by atoms with Gasteiger partial charge in [0.2, 0.25) is 17.7 Å². The molecule has 1 aliphatic heterocycles. The molecule has 188 valence electrons. The number of carbonyl (C=O) groups is 4. The average Bonchev–Trinajstić information content (AvgIpc) is 2.75. The number of amides is 4. The van der Waals surface area contributed by atoms with Crippen LogP contribution in [0.25, 0.3) is 0 Å². The van der Waals surface area contributed by atoms with Gasteiger partial charge in [-0.1, -0.05) is 12.1 Å². The van der Waals surface area contributed by atoms with Crippen molar-refractivity contribution in [1.29, 1.82) is 0 Å². The molecule has 1 heterocycles. The molecule has 0 radical (unpaired) electrons. The highest BCUT2D eigenvalue weighted by atomic mass is 32.2. The Morgan fingerprint density at radius 2 is 1.85 bits per heavy atom. The van der Waals surface area contributed by atoms with Crippen LogP contribution in [0.4, 0.5) is 10.5 Å². The van der Waals surface area contributed by atoms with E-state index in [4.69, 9.17) is 4.74 Å². The number of rotatable bonds is 9. The van der Waals surface area contributed by atoms with Gasteiger partial charge in [-0.2, -0.15) is 0 Å². The summed E-state index contributed by atoms with van der Waals surface area (Å²) >= 11 is 1.26. The highest BCUT2D eigenvalue weighted by Crippen LogP contribution is 2.18. The van der Waals surface area contributed by atoms with Gasteiger partial charge in [0, 0.05) is 31.9 Å². The molecule has 1 unspecified atom stereocenters. The highest BCUT2D eigenvalue weighted by molar-refractivity contribution is 8.00. The highest BCUT2D eigenvalue weighted by Gasteiger charge is 2.28. The monoisotopic (exact) mass is 492 g/mol. The van der Waals surface area contributed by atoms with Crippen molar-refractivity contribution in [1.82, 2.24) is 15.5 Å². The second-order valence-electron chi connectivity index (χ2n) is 9.31. The van der Waals surface area contributed by atoms with Crippen LogP contribution < -0.4 is 16.0 Å². The standard InChI is InChI=1S/C24H36N4O5S/c1-17-7-5-9-19(13-17)27-20(29)15-34-16-21(30)28-12-6-8-18(14-28)22(31)25-10-11-26-23(32)33-24(2,3)4/h5,7,9,13,18H,6,8,10-12,14-16H2,1-4H3,(H,25,31)(H,26,32)(H,27,29). The molecule has 0 aromatic heterocycles. The molecule has 9 nitrogen and oxygen atoms in total. The van der Waals surface area contributed by atoms with Gasteiger partial charge in [-0.25, -0.2) is 4.79 Å². The van der Waals surface area contributed by atoms with Gasteiger partial charge < -0.3 is 25.6 Å². The zero-order chi connectivity index (χ0) is 25.1. The maximum Gasteiger partial charge on any atom is 0.407 e. The van der Waals surface area contributed by atoms with Gasteiger partial charge in [0.05, 0.1) is 17.4 Å². The average molecular weight is 493 g/mol. The Kier molecular flexibility index (Phi) is 10.7. The second kappa shape index (κ2) is 13.2. The van der Waals surface area contributed by atoms with E-state index < -0.39 is 11.7 Å². The van der Waals surface area contributed by atoms with E-state index in [9.17, 15) is 19.2 Å². The Bertz CT molecular complexity index is 871. The van der Waals surface area contributed by atoms with Crippen molar-refractivity contribution in [3.63, 3.8) is 0 Å². The number of hydrogen-bond acceptors (Lipinski definition) is 6. The summed E-state index contributed by atoms with van der Waals surface area (Å²) in [6, 6.07) is 7.55. The predicted molar refractivity (Wildman–Crippen MR) is 134 cm³/mol. The molecule has 0 saturated carbocycles. The van der Waals surface area contributed by atoms with Crippen molar-refractivity contribution in [3.8, 4) is 0 Å². The summed E-state index contributed by atoms with van der Waals surface area (Å²) in [5, 5.41) is 8.24. The predicted octanol–water partition coefficient (Wildman–Crippen LogP) is 2.55. The van der Waals surface area contributed by atoms with Gasteiger partial charge in [-0.15, -0.1) is 11.8 Å². The van der Waals surface area contributed by atoms with Gasteiger partial charge in [-0.05, 0) is 58.2 Å². The SMILES string of the molecule is Cc1cccc(NC(=O)CSCC(=O)N2CCCC(C(=O)NCCNC(=O)OC(C)(C)C)C2)c1. The number of anilines is 1. The van der Waals surface area contributed by atoms with Crippen molar-refractivity contribution in [2.24, 2.45) is 5.92 Å². The van der Waals surface area contributed by atoms with Crippen molar-refractivity contribution >= 4 is 41.3 Å². The number of nitrogens with one attached hydrogen (secondary N) is 3. The number of alkyl carbamates (subject to hydrolysis) is 1. The van der Waals surface area contributed by atoms with Crippen LogP contribution in [-0.2, 0) is 19.1 Å².